The van der Waals surface area contributed by atoms with Gasteiger partial charge in [-0.15, -0.1) is 10.2 Å². The highest BCUT2D eigenvalue weighted by atomic mass is 16.5. The number of hydrogen-bond acceptors (Lipinski definition) is 22. The van der Waals surface area contributed by atoms with Gasteiger partial charge in [-0.3, -0.25) is 58.1 Å². The zero-order valence-corrected chi connectivity index (χ0v) is 71.1. The first-order chi connectivity index (χ1) is 59.0. The van der Waals surface area contributed by atoms with Crippen molar-refractivity contribution in [3.05, 3.63) is 179 Å². The van der Waals surface area contributed by atoms with E-state index in [0.717, 1.165) is 21.5 Å². The number of imide groups is 1. The molecule has 0 unspecified atom stereocenters. The van der Waals surface area contributed by atoms with Crippen molar-refractivity contribution in [2.45, 2.75) is 211 Å². The summed E-state index contributed by atoms with van der Waals surface area (Å²) in [5.74, 6) is -10.8. The molecule has 2 fully saturated rings. The first kappa shape index (κ1) is 92.1. The zero-order valence-electron chi connectivity index (χ0n) is 71.1. The molecule has 35 nitrogen and oxygen atoms in total. The van der Waals surface area contributed by atoms with E-state index in [9.17, 15) is 49.2 Å². The van der Waals surface area contributed by atoms with Crippen molar-refractivity contribution >= 4 is 92.6 Å². The molecule has 0 spiro atoms. The highest BCUT2D eigenvalue weighted by molar-refractivity contribution is 6.03. The molecule has 35 heteroatoms. The van der Waals surface area contributed by atoms with Crippen molar-refractivity contribution in [1.29, 1.82) is 0 Å². The van der Waals surface area contributed by atoms with Crippen LogP contribution in [0.4, 0.5) is 0 Å². The van der Waals surface area contributed by atoms with Crippen LogP contribution >= 0.6 is 0 Å². The maximum atomic E-state index is 15.7. The Kier molecular flexibility index (Phi) is 30.5. The molecule has 2 saturated heterocycles. The van der Waals surface area contributed by atoms with E-state index in [-0.39, 0.29) is 95.6 Å². The van der Waals surface area contributed by atoms with E-state index in [1.165, 1.54) is 25.4 Å². The summed E-state index contributed by atoms with van der Waals surface area (Å²) in [6, 6.07) is 25.6. The highest BCUT2D eigenvalue weighted by Gasteiger charge is 2.51. The van der Waals surface area contributed by atoms with Gasteiger partial charge in [-0.2, -0.15) is 0 Å². The third kappa shape index (κ3) is 24.0. The molecule has 2 aromatic heterocycles. The van der Waals surface area contributed by atoms with E-state index in [1.54, 1.807) is 136 Å². The molecule has 14 atom stereocenters. The van der Waals surface area contributed by atoms with Gasteiger partial charge in [-0.25, -0.2) is 14.2 Å². The van der Waals surface area contributed by atoms with Gasteiger partial charge in [0.05, 0.1) is 61.1 Å². The van der Waals surface area contributed by atoms with Crippen molar-refractivity contribution in [3.8, 4) is 11.5 Å². The number of aromatic nitrogens is 6. The first-order valence-corrected chi connectivity index (χ1v) is 41.6. The quantitative estimate of drug-likeness (QED) is 0.0458. The number of carbonyl (C=O) groups excluding carboxylic acids is 10. The molecule has 14 rings (SSSR count). The number of likely N-dealkylation sites (tertiary alicyclic amines) is 2. The van der Waals surface area contributed by atoms with Gasteiger partial charge in [0.1, 0.15) is 78.4 Å². The smallest absolute Gasteiger partial charge is 0.326 e. The van der Waals surface area contributed by atoms with E-state index in [2.05, 4.69) is 68.5 Å². The van der Waals surface area contributed by atoms with Crippen LogP contribution in [0.5, 0.6) is 11.5 Å². The Labute approximate surface area is 717 Å². The van der Waals surface area contributed by atoms with Gasteiger partial charge in [0.2, 0.25) is 53.2 Å². The predicted molar refractivity (Wildman–Crippen MR) is 454 cm³/mol. The van der Waals surface area contributed by atoms with Crippen LogP contribution < -0.4 is 57.3 Å². The van der Waals surface area contributed by atoms with Gasteiger partial charge in [0.25, 0.3) is 5.91 Å². The molecule has 6 aliphatic heterocycles. The van der Waals surface area contributed by atoms with Gasteiger partial charge in [-0.1, -0.05) is 161 Å². The Morgan fingerprint density at radius 1 is 0.540 bits per heavy atom. The lowest BCUT2D eigenvalue weighted by Gasteiger charge is -2.37. The summed E-state index contributed by atoms with van der Waals surface area (Å²) >= 11 is 0. The standard InChI is InChI=1S/C89H111N17O18/c1-50(90-9)78(112)97-76(88(3,4)5)85(119)103-35-32-70-74(103)83(117)94-68(42-55-20-26-57-16-12-14-18-59(57)38-55)82(116)95-69(87(121)122)41-53-23-29-66(30-24-53)124-49-62-47-106(102-100-62)71-33-36-104(86(120)77(89(6,7)8)98-79(113)51(2)91-10)75(71)84(118)96-72(109)43-60(39-54-19-25-56-15-11-13-17-58(56)37-54)80(114)93-67(81(115)92-34-31-63(107)44-64(108)45-73(110)111)40-52-21-27-65(28-22-52)123-48-61-46-105(70)101-99-61/h11-30,37-38,46-47,50-51,60,63-64,67-71,74-77,90-91,107-108H,31-36,39-45,48-49H2,1-10H3,(H,92,115)(H,93,114)(H,94,117)(H,95,116)(H,97,112)(H,98,113)(H,110,111)(H,121,122)(H,96,109,118)/t50-,51-,60+,63+,64+,67-,68-,69-,70+,71+,74-,75-,76+,77+/m0/s1. The van der Waals surface area contributed by atoms with Gasteiger partial charge >= 0.3 is 11.9 Å². The van der Waals surface area contributed by atoms with Crippen LogP contribution in [-0.2, 0) is 96.4 Å². The minimum atomic E-state index is -1.57. The predicted octanol–water partition coefficient (Wildman–Crippen LogP) is 3.46. The number of carboxylic acid groups (broad SMARTS) is 2. The second-order valence-corrected chi connectivity index (χ2v) is 34.3. The number of benzene rings is 6. The number of carbonyl (C=O) groups is 12. The Morgan fingerprint density at radius 2 is 1.00 bits per heavy atom. The molecule has 10 amide bonds. The van der Waals surface area contributed by atoms with Crippen molar-refractivity contribution in [2.24, 2.45) is 16.7 Å². The number of hydrogen-bond donors (Lipinski definition) is 13. The molecule has 8 aromatic rings. The lowest BCUT2D eigenvalue weighted by molar-refractivity contribution is -0.146. The molecule has 0 radical (unpaired) electrons. The van der Waals surface area contributed by atoms with Crippen LogP contribution in [0.15, 0.2) is 146 Å². The molecule has 8 bridgehead atoms. The van der Waals surface area contributed by atoms with Crippen LogP contribution in [0, 0.1) is 16.7 Å². The molecular weight excluding hydrogens is 1600 g/mol. The average molecular weight is 1710 g/mol. The summed E-state index contributed by atoms with van der Waals surface area (Å²) < 4.78 is 15.3. The topological polar surface area (TPSA) is 480 Å². The third-order valence-electron chi connectivity index (χ3n) is 22.8. The number of aliphatic hydroxyl groups excluding tert-OH is 2. The number of nitrogens with one attached hydrogen (secondary N) is 9. The summed E-state index contributed by atoms with van der Waals surface area (Å²) in [7, 11) is 3.18. The molecule has 6 aliphatic rings. The van der Waals surface area contributed by atoms with E-state index in [4.69, 9.17) is 9.47 Å². The second kappa shape index (κ2) is 41.1. The Bertz CT molecular complexity index is 5180. The lowest BCUT2D eigenvalue weighted by atomic mass is 9.85. The van der Waals surface area contributed by atoms with E-state index in [1.807, 2.05) is 72.8 Å². The number of ether oxygens (including phenoxy) is 2. The van der Waals surface area contributed by atoms with Crippen LogP contribution in [0.3, 0.4) is 0 Å². The third-order valence-corrected chi connectivity index (χ3v) is 22.8. The fourth-order valence-electron chi connectivity index (χ4n) is 15.6. The largest absolute Gasteiger partial charge is 0.487 e. The van der Waals surface area contributed by atoms with Crippen molar-refractivity contribution in [3.63, 3.8) is 0 Å². The van der Waals surface area contributed by atoms with Crippen molar-refractivity contribution in [2.75, 3.05) is 33.7 Å². The minimum absolute atomic E-state index is 0.0377. The number of aliphatic carboxylic acids is 2. The first-order valence-electron chi connectivity index (χ1n) is 41.6. The summed E-state index contributed by atoms with van der Waals surface area (Å²) in [4.78, 5) is 176. The van der Waals surface area contributed by atoms with Crippen molar-refractivity contribution < 1.29 is 87.4 Å². The Hall–Kier alpha value is -12.6. The molecular formula is C89H111N17O18. The molecule has 0 saturated carbocycles. The second-order valence-electron chi connectivity index (χ2n) is 34.3. The minimum Gasteiger partial charge on any atom is -0.487 e. The molecule has 8 heterocycles. The van der Waals surface area contributed by atoms with E-state index in [0.29, 0.717) is 33.8 Å². The number of rotatable bonds is 21. The van der Waals surface area contributed by atoms with Gasteiger partial charge in [-0.05, 0) is 139 Å². The summed E-state index contributed by atoms with van der Waals surface area (Å²) in [5.41, 5.74) is 0.775. The SMILES string of the molecule is CN[C@@H](C)C(=O)N[C@H](C(=O)N1CC[C@@H]2[C@H]1C(=O)NC(=O)C[C@@H](Cc1ccc3ccccc3c1)C(=O)N[C@H](C(=O)NCC[C@@H](O)C[C@@H](O)CC(=O)O)Cc1ccc(cc1)OCc1cn(nn1)[C@@H]1CCN(C(=O)[C@@H](NC(=O)[C@H](C)NC)C(C)(C)C)[C@@H]1C(=O)N[C@@H](Cc1ccc3ccccc3c1)C(=O)N[C@H](C(=O)O)Cc1ccc(cc1)OCc1cn2nn1)C(C)(C)C. The highest BCUT2D eigenvalue weighted by Crippen LogP contribution is 2.36. The molecule has 660 valence electrons. The van der Waals surface area contributed by atoms with Gasteiger partial charge in [0.15, 0.2) is 0 Å². The zero-order chi connectivity index (χ0) is 89.4. The van der Waals surface area contributed by atoms with Crippen LogP contribution in [0.2, 0.25) is 0 Å². The lowest BCUT2D eigenvalue weighted by Crippen LogP contribution is -2.61. The maximum Gasteiger partial charge on any atom is 0.326 e. The maximum absolute atomic E-state index is 15.7. The van der Waals surface area contributed by atoms with Crippen molar-refractivity contribution in [1.82, 2.24) is 87.6 Å². The molecule has 6 aromatic carbocycles. The normalized spacial score (nSPS) is 21.2. The number of aliphatic hydroxyl groups is 2. The molecule has 0 aliphatic carbocycles. The van der Waals surface area contributed by atoms with E-state index >= 15 is 28.8 Å². The summed E-state index contributed by atoms with van der Waals surface area (Å²) in [6.45, 7) is 13.1. The number of fused-ring (bicyclic) bond motifs is 2. The Balaban J connectivity index is 0.955. The number of likely N-dealkylation sites (N-methyl/N-ethyl adjacent to an activating group) is 2. The van der Waals surface area contributed by atoms with Gasteiger partial charge in [0, 0.05) is 45.3 Å². The summed E-state index contributed by atoms with van der Waals surface area (Å²) in [6.07, 6.45) is -1.83. The number of amides is 10. The summed E-state index contributed by atoms with van der Waals surface area (Å²) in [5, 5.41) is 87.6. The average Bonchev–Trinajstić information content (AvgIpc) is 1.64. The van der Waals surface area contributed by atoms with Crippen LogP contribution in [0.25, 0.3) is 21.5 Å². The fourth-order valence-corrected chi connectivity index (χ4v) is 15.6. The van der Waals surface area contributed by atoms with Gasteiger partial charge < -0.3 is 82.2 Å². The Morgan fingerprint density at radius 3 is 1.47 bits per heavy atom. The molecule has 124 heavy (non-hydrogen) atoms. The monoisotopic (exact) mass is 1710 g/mol. The van der Waals surface area contributed by atoms with Crippen LogP contribution in [-0.4, -0.2) is 232 Å². The van der Waals surface area contributed by atoms with Crippen LogP contribution in [0.1, 0.15) is 140 Å². The van der Waals surface area contributed by atoms with E-state index < -0.39 is 179 Å². The number of nitrogens with zero attached hydrogens (tertiary/aromatic N) is 8. The number of carboxylic acids is 2. The molecule has 13 N–H and O–H groups in total. The fraction of sp³-hybridized carbons (Fsp3) is 0.461.